The van der Waals surface area contributed by atoms with E-state index >= 15 is 0 Å². The first kappa shape index (κ1) is 24.3. The van der Waals surface area contributed by atoms with Crippen LogP contribution in [0, 0.1) is 5.92 Å². The van der Waals surface area contributed by atoms with Crippen molar-refractivity contribution >= 4 is 17.4 Å². The van der Waals surface area contributed by atoms with Crippen LogP contribution in [-0.2, 0) is 14.3 Å². The van der Waals surface area contributed by atoms with E-state index in [4.69, 9.17) is 9.47 Å². The second kappa shape index (κ2) is 11.5. The summed E-state index contributed by atoms with van der Waals surface area (Å²) in [5.41, 5.74) is 1.85. The number of ether oxygens (including phenoxy) is 2. The molecular weight excluding hydrogens is 404 g/mol. The maximum absolute atomic E-state index is 13.4. The first-order chi connectivity index (χ1) is 15.4. The topological polar surface area (TPSA) is 59.1 Å². The first-order valence-electron chi connectivity index (χ1n) is 12.1. The summed E-state index contributed by atoms with van der Waals surface area (Å²) < 4.78 is 11.4. The predicted molar refractivity (Wildman–Crippen MR) is 126 cm³/mol. The summed E-state index contributed by atoms with van der Waals surface area (Å²) in [6.07, 6.45) is 5.04. The second-order valence-corrected chi connectivity index (χ2v) is 9.19. The number of amides is 2. The number of hydrogen-bond donors (Lipinski definition) is 0. The van der Waals surface area contributed by atoms with E-state index in [0.29, 0.717) is 36.8 Å². The van der Waals surface area contributed by atoms with Crippen LogP contribution < -0.4 is 4.74 Å². The highest BCUT2D eigenvalue weighted by molar-refractivity contribution is 6.35. The van der Waals surface area contributed by atoms with Crippen LogP contribution in [-0.4, -0.2) is 60.6 Å². The van der Waals surface area contributed by atoms with E-state index in [2.05, 4.69) is 18.7 Å². The molecule has 2 amide bonds. The fourth-order valence-corrected chi connectivity index (χ4v) is 4.36. The van der Waals surface area contributed by atoms with Crippen molar-refractivity contribution in [3.63, 3.8) is 0 Å². The lowest BCUT2D eigenvalue weighted by molar-refractivity contribution is -0.137. The van der Waals surface area contributed by atoms with Crippen molar-refractivity contribution < 1.29 is 19.1 Å². The molecule has 1 saturated heterocycles. The minimum Gasteiger partial charge on any atom is -0.491 e. The van der Waals surface area contributed by atoms with Gasteiger partial charge < -0.3 is 14.4 Å². The molecule has 6 nitrogen and oxygen atoms in total. The molecule has 176 valence electrons. The number of carbonyl (C=O) groups is 2. The van der Waals surface area contributed by atoms with E-state index < -0.39 is 0 Å². The van der Waals surface area contributed by atoms with Crippen LogP contribution in [0.15, 0.2) is 30.0 Å². The quantitative estimate of drug-likeness (QED) is 0.373. The monoisotopic (exact) mass is 442 g/mol. The van der Waals surface area contributed by atoms with Gasteiger partial charge in [-0.05, 0) is 63.1 Å². The Bertz CT molecular complexity index is 816. The molecule has 1 unspecified atom stereocenters. The molecule has 0 radical (unpaired) electrons. The van der Waals surface area contributed by atoms with Crippen molar-refractivity contribution in [1.82, 2.24) is 9.80 Å². The third-order valence-corrected chi connectivity index (χ3v) is 5.94. The number of likely N-dealkylation sites (tertiary alicyclic amines) is 1. The van der Waals surface area contributed by atoms with Gasteiger partial charge in [0.15, 0.2) is 0 Å². The van der Waals surface area contributed by atoms with Gasteiger partial charge in [-0.15, -0.1) is 0 Å². The summed E-state index contributed by atoms with van der Waals surface area (Å²) in [4.78, 5) is 30.4. The van der Waals surface area contributed by atoms with Crippen molar-refractivity contribution in [2.24, 2.45) is 5.92 Å². The van der Waals surface area contributed by atoms with Crippen molar-refractivity contribution in [3.05, 3.63) is 35.5 Å². The molecule has 1 aromatic carbocycles. The van der Waals surface area contributed by atoms with Crippen LogP contribution in [0.3, 0.4) is 0 Å². The minimum atomic E-state index is -0.200. The number of carbonyl (C=O) groups excluding carboxylic acids is 2. The molecule has 0 spiro atoms. The van der Waals surface area contributed by atoms with E-state index in [0.717, 1.165) is 56.7 Å². The van der Waals surface area contributed by atoms with Crippen LogP contribution in [0.2, 0.25) is 0 Å². The third kappa shape index (κ3) is 5.91. The standard InChI is InChI=1S/C26H38N2O4/c1-5-6-16-31-17-8-15-28-25(29)23(21-10-12-22(13-11-21)32-19(2)3)24(26(28)30)27-14-7-9-20(4)18-27/h10-13,19-20H,5-9,14-18H2,1-4H3. The van der Waals surface area contributed by atoms with Gasteiger partial charge in [0.2, 0.25) is 0 Å². The summed E-state index contributed by atoms with van der Waals surface area (Å²) >= 11 is 0. The molecule has 2 aliphatic rings. The van der Waals surface area contributed by atoms with Gasteiger partial charge in [0.25, 0.3) is 11.8 Å². The molecule has 2 aliphatic heterocycles. The molecule has 1 fully saturated rings. The number of rotatable bonds is 11. The summed E-state index contributed by atoms with van der Waals surface area (Å²) in [5, 5.41) is 0. The number of piperidine rings is 1. The summed E-state index contributed by atoms with van der Waals surface area (Å²) in [7, 11) is 0. The Labute approximate surface area is 192 Å². The number of benzene rings is 1. The average Bonchev–Trinajstić information content (AvgIpc) is 3.01. The average molecular weight is 443 g/mol. The Morgan fingerprint density at radius 3 is 2.44 bits per heavy atom. The first-order valence-corrected chi connectivity index (χ1v) is 12.1. The van der Waals surface area contributed by atoms with Crippen molar-refractivity contribution in [3.8, 4) is 5.75 Å². The largest absolute Gasteiger partial charge is 0.491 e. The number of hydrogen-bond acceptors (Lipinski definition) is 5. The maximum atomic E-state index is 13.4. The van der Waals surface area contributed by atoms with Crippen molar-refractivity contribution in [2.45, 2.75) is 65.9 Å². The van der Waals surface area contributed by atoms with Gasteiger partial charge in [-0.2, -0.15) is 0 Å². The SMILES string of the molecule is CCCCOCCCN1C(=O)C(c2ccc(OC(C)C)cc2)=C(N2CCCC(C)C2)C1=O. The Morgan fingerprint density at radius 2 is 1.78 bits per heavy atom. The Hall–Kier alpha value is -2.34. The van der Waals surface area contributed by atoms with Crippen LogP contribution in [0.4, 0.5) is 0 Å². The molecule has 0 N–H and O–H groups in total. The van der Waals surface area contributed by atoms with Gasteiger partial charge >= 0.3 is 0 Å². The fraction of sp³-hybridized carbons (Fsp3) is 0.615. The van der Waals surface area contributed by atoms with Crippen LogP contribution in [0.5, 0.6) is 5.75 Å². The van der Waals surface area contributed by atoms with Crippen LogP contribution in [0.1, 0.15) is 65.4 Å². The predicted octanol–water partition coefficient (Wildman–Crippen LogP) is 4.49. The smallest absolute Gasteiger partial charge is 0.277 e. The molecule has 0 aliphatic carbocycles. The Kier molecular flexibility index (Phi) is 8.74. The Morgan fingerprint density at radius 1 is 1.06 bits per heavy atom. The van der Waals surface area contributed by atoms with Gasteiger partial charge in [0.1, 0.15) is 11.4 Å². The van der Waals surface area contributed by atoms with E-state index in [1.54, 1.807) is 0 Å². The minimum absolute atomic E-state index is 0.0789. The molecule has 3 rings (SSSR count). The zero-order valence-electron chi connectivity index (χ0n) is 20.1. The molecule has 32 heavy (non-hydrogen) atoms. The number of imide groups is 1. The highest BCUT2D eigenvalue weighted by Crippen LogP contribution is 2.34. The van der Waals surface area contributed by atoms with Crippen LogP contribution >= 0.6 is 0 Å². The van der Waals surface area contributed by atoms with E-state index in [-0.39, 0.29) is 17.9 Å². The van der Waals surface area contributed by atoms with Crippen LogP contribution in [0.25, 0.3) is 5.57 Å². The Balaban J connectivity index is 1.81. The van der Waals surface area contributed by atoms with Gasteiger partial charge in [-0.1, -0.05) is 32.4 Å². The lowest BCUT2D eigenvalue weighted by atomic mass is 9.97. The molecule has 0 saturated carbocycles. The molecular formula is C26H38N2O4. The van der Waals surface area contributed by atoms with Gasteiger partial charge in [0.05, 0.1) is 11.7 Å². The summed E-state index contributed by atoms with van der Waals surface area (Å²) in [6, 6.07) is 7.54. The third-order valence-electron chi connectivity index (χ3n) is 5.94. The maximum Gasteiger partial charge on any atom is 0.277 e. The van der Waals surface area contributed by atoms with Crippen molar-refractivity contribution in [1.29, 1.82) is 0 Å². The molecule has 1 atom stereocenters. The summed E-state index contributed by atoms with van der Waals surface area (Å²) in [5.74, 6) is 0.892. The summed E-state index contributed by atoms with van der Waals surface area (Å²) in [6.45, 7) is 11.6. The van der Waals surface area contributed by atoms with E-state index in [1.807, 2.05) is 38.1 Å². The van der Waals surface area contributed by atoms with E-state index in [1.165, 1.54) is 4.90 Å². The highest BCUT2D eigenvalue weighted by Gasteiger charge is 2.41. The van der Waals surface area contributed by atoms with Gasteiger partial charge in [-0.25, -0.2) is 0 Å². The molecule has 6 heteroatoms. The second-order valence-electron chi connectivity index (χ2n) is 9.19. The van der Waals surface area contributed by atoms with E-state index in [9.17, 15) is 9.59 Å². The zero-order valence-corrected chi connectivity index (χ0v) is 20.1. The highest BCUT2D eigenvalue weighted by atomic mass is 16.5. The van der Waals surface area contributed by atoms with Crippen molar-refractivity contribution in [2.75, 3.05) is 32.8 Å². The normalized spacial score (nSPS) is 19.5. The zero-order chi connectivity index (χ0) is 23.1. The molecule has 0 bridgehead atoms. The molecule has 2 heterocycles. The van der Waals surface area contributed by atoms with Gasteiger partial charge in [-0.3, -0.25) is 14.5 Å². The van der Waals surface area contributed by atoms with Gasteiger partial charge in [0, 0.05) is 32.8 Å². The number of nitrogens with zero attached hydrogens (tertiary/aromatic N) is 2. The fourth-order valence-electron chi connectivity index (χ4n) is 4.36. The molecule has 1 aromatic rings. The lowest BCUT2D eigenvalue weighted by Gasteiger charge is -2.33. The molecule has 0 aromatic heterocycles. The lowest BCUT2D eigenvalue weighted by Crippen LogP contribution is -2.39. The number of unbranched alkanes of at least 4 members (excludes halogenated alkanes) is 1.